The Bertz CT molecular complexity index is 303. The molecule has 0 amide bonds. The van der Waals surface area contributed by atoms with Crippen molar-refractivity contribution in [2.75, 3.05) is 0 Å². The van der Waals surface area contributed by atoms with Crippen molar-refractivity contribution in [2.24, 2.45) is 11.7 Å². The second-order valence-electron chi connectivity index (χ2n) is 5.40. The van der Waals surface area contributed by atoms with Gasteiger partial charge in [-0.1, -0.05) is 52.0 Å². The quantitative estimate of drug-likeness (QED) is 0.813. The lowest BCUT2D eigenvalue weighted by Crippen LogP contribution is -2.11. The van der Waals surface area contributed by atoms with Crippen LogP contribution in [0.3, 0.4) is 0 Å². The predicted molar refractivity (Wildman–Crippen MR) is 78.8 cm³/mol. The van der Waals surface area contributed by atoms with Crippen LogP contribution in [0.15, 0.2) is 24.3 Å². The first-order chi connectivity index (χ1) is 7.50. The maximum absolute atomic E-state index is 6.17. The molecule has 17 heavy (non-hydrogen) atoms. The summed E-state index contributed by atoms with van der Waals surface area (Å²) >= 11 is 0. The SMILES string of the molecule is CC(C)CC[C@H](N)c1ccc(C(C)C)cc1.Cl. The Balaban J connectivity index is 0.00000256. The van der Waals surface area contributed by atoms with Gasteiger partial charge in [0.2, 0.25) is 0 Å². The van der Waals surface area contributed by atoms with Gasteiger partial charge >= 0.3 is 0 Å². The zero-order valence-corrected chi connectivity index (χ0v) is 12.3. The lowest BCUT2D eigenvalue weighted by atomic mass is 9.95. The van der Waals surface area contributed by atoms with E-state index in [4.69, 9.17) is 5.73 Å². The summed E-state index contributed by atoms with van der Waals surface area (Å²) in [5, 5.41) is 0. The van der Waals surface area contributed by atoms with Gasteiger partial charge in [0.05, 0.1) is 0 Å². The minimum Gasteiger partial charge on any atom is -0.324 e. The Morgan fingerprint density at radius 3 is 1.76 bits per heavy atom. The van der Waals surface area contributed by atoms with E-state index >= 15 is 0 Å². The van der Waals surface area contributed by atoms with E-state index in [1.807, 2.05) is 0 Å². The maximum atomic E-state index is 6.17. The normalized spacial score (nSPS) is 12.6. The molecule has 0 spiro atoms. The largest absolute Gasteiger partial charge is 0.324 e. The molecule has 1 aromatic rings. The summed E-state index contributed by atoms with van der Waals surface area (Å²) in [7, 11) is 0. The molecule has 0 saturated carbocycles. The second-order valence-corrected chi connectivity index (χ2v) is 5.40. The Morgan fingerprint density at radius 2 is 1.35 bits per heavy atom. The zero-order valence-electron chi connectivity index (χ0n) is 11.4. The fourth-order valence-corrected chi connectivity index (χ4v) is 1.81. The van der Waals surface area contributed by atoms with Gasteiger partial charge < -0.3 is 5.73 Å². The van der Waals surface area contributed by atoms with E-state index in [1.54, 1.807) is 0 Å². The van der Waals surface area contributed by atoms with Gasteiger partial charge in [-0.25, -0.2) is 0 Å². The highest BCUT2D eigenvalue weighted by Crippen LogP contribution is 2.21. The van der Waals surface area contributed by atoms with Gasteiger partial charge in [-0.3, -0.25) is 0 Å². The molecule has 0 aromatic heterocycles. The molecule has 0 saturated heterocycles. The summed E-state index contributed by atoms with van der Waals surface area (Å²) < 4.78 is 0. The summed E-state index contributed by atoms with van der Waals surface area (Å²) in [5.41, 5.74) is 8.83. The topological polar surface area (TPSA) is 26.0 Å². The molecule has 98 valence electrons. The molecule has 2 heteroatoms. The number of benzene rings is 1. The van der Waals surface area contributed by atoms with E-state index in [9.17, 15) is 0 Å². The van der Waals surface area contributed by atoms with Crippen LogP contribution in [0.5, 0.6) is 0 Å². The molecule has 0 aliphatic carbocycles. The van der Waals surface area contributed by atoms with Crippen LogP contribution in [-0.2, 0) is 0 Å². The summed E-state index contributed by atoms with van der Waals surface area (Å²) in [5.74, 6) is 1.34. The minimum atomic E-state index is 0. The molecule has 0 radical (unpaired) electrons. The van der Waals surface area contributed by atoms with Gasteiger partial charge in [-0.2, -0.15) is 0 Å². The van der Waals surface area contributed by atoms with Crippen LogP contribution in [0.25, 0.3) is 0 Å². The van der Waals surface area contributed by atoms with E-state index in [0.29, 0.717) is 5.92 Å². The molecule has 0 aliphatic rings. The smallest absolute Gasteiger partial charge is 0.0294 e. The first kappa shape index (κ1) is 16.5. The third kappa shape index (κ3) is 5.56. The zero-order chi connectivity index (χ0) is 12.1. The molecule has 0 aliphatic heterocycles. The Labute approximate surface area is 112 Å². The van der Waals surface area contributed by atoms with E-state index in [0.717, 1.165) is 12.3 Å². The highest BCUT2D eigenvalue weighted by Gasteiger charge is 2.07. The van der Waals surface area contributed by atoms with Crippen molar-refractivity contribution < 1.29 is 0 Å². The highest BCUT2D eigenvalue weighted by atomic mass is 35.5. The van der Waals surface area contributed by atoms with Crippen molar-refractivity contribution in [3.8, 4) is 0 Å². The molecular weight excluding hydrogens is 230 g/mol. The number of hydrogen-bond acceptors (Lipinski definition) is 1. The Morgan fingerprint density at radius 1 is 0.882 bits per heavy atom. The van der Waals surface area contributed by atoms with Crippen LogP contribution >= 0.6 is 12.4 Å². The fourth-order valence-electron chi connectivity index (χ4n) is 1.81. The molecule has 0 unspecified atom stereocenters. The summed E-state index contributed by atoms with van der Waals surface area (Å²) in [6.45, 7) is 8.92. The molecule has 1 atom stereocenters. The van der Waals surface area contributed by atoms with Crippen LogP contribution in [0.1, 0.15) is 63.6 Å². The van der Waals surface area contributed by atoms with Crippen LogP contribution in [-0.4, -0.2) is 0 Å². The van der Waals surface area contributed by atoms with E-state index in [2.05, 4.69) is 52.0 Å². The lowest BCUT2D eigenvalue weighted by molar-refractivity contribution is 0.507. The van der Waals surface area contributed by atoms with Gasteiger partial charge in [0.1, 0.15) is 0 Å². The molecule has 0 fully saturated rings. The first-order valence-corrected chi connectivity index (χ1v) is 6.36. The summed E-state index contributed by atoms with van der Waals surface area (Å²) in [6, 6.07) is 8.97. The third-order valence-corrected chi connectivity index (χ3v) is 3.09. The number of halogens is 1. The highest BCUT2D eigenvalue weighted by molar-refractivity contribution is 5.85. The van der Waals surface area contributed by atoms with Gasteiger partial charge in [0.15, 0.2) is 0 Å². The van der Waals surface area contributed by atoms with Gasteiger partial charge in [-0.15, -0.1) is 12.4 Å². The van der Waals surface area contributed by atoms with Gasteiger partial charge in [-0.05, 0) is 35.8 Å². The molecular formula is C15H26ClN. The standard InChI is InChI=1S/C15H25N.ClH/c1-11(2)5-10-15(16)14-8-6-13(7-9-14)12(3)4;/h6-9,11-12,15H,5,10,16H2,1-4H3;1H/t15-;/m0./s1. The van der Waals surface area contributed by atoms with Crippen LogP contribution in [0, 0.1) is 5.92 Å². The van der Waals surface area contributed by atoms with Crippen LogP contribution in [0.2, 0.25) is 0 Å². The molecule has 0 heterocycles. The van der Waals surface area contributed by atoms with Crippen molar-refractivity contribution >= 4 is 12.4 Å². The third-order valence-electron chi connectivity index (χ3n) is 3.09. The first-order valence-electron chi connectivity index (χ1n) is 6.36. The van der Waals surface area contributed by atoms with Gasteiger partial charge in [0, 0.05) is 6.04 Å². The molecule has 1 aromatic carbocycles. The van der Waals surface area contributed by atoms with E-state index < -0.39 is 0 Å². The average Bonchev–Trinajstić information content (AvgIpc) is 2.26. The summed E-state index contributed by atoms with van der Waals surface area (Å²) in [6.07, 6.45) is 2.28. The van der Waals surface area contributed by atoms with Crippen molar-refractivity contribution in [3.63, 3.8) is 0 Å². The minimum absolute atomic E-state index is 0. The van der Waals surface area contributed by atoms with Crippen molar-refractivity contribution in [1.82, 2.24) is 0 Å². The Kier molecular flexibility index (Phi) is 7.49. The lowest BCUT2D eigenvalue weighted by Gasteiger charge is -2.14. The number of nitrogens with two attached hydrogens (primary N) is 1. The maximum Gasteiger partial charge on any atom is 0.0294 e. The van der Waals surface area contributed by atoms with Gasteiger partial charge in [0.25, 0.3) is 0 Å². The average molecular weight is 256 g/mol. The summed E-state index contributed by atoms with van der Waals surface area (Å²) in [4.78, 5) is 0. The van der Waals surface area contributed by atoms with E-state index in [-0.39, 0.29) is 18.4 Å². The molecule has 1 rings (SSSR count). The van der Waals surface area contributed by atoms with Crippen molar-refractivity contribution in [2.45, 2.75) is 52.5 Å². The predicted octanol–water partition coefficient (Wildman–Crippen LogP) is 4.67. The molecule has 2 N–H and O–H groups in total. The van der Waals surface area contributed by atoms with Crippen LogP contribution in [0.4, 0.5) is 0 Å². The fraction of sp³-hybridized carbons (Fsp3) is 0.600. The monoisotopic (exact) mass is 255 g/mol. The number of rotatable bonds is 5. The van der Waals surface area contributed by atoms with Crippen molar-refractivity contribution in [1.29, 1.82) is 0 Å². The molecule has 1 nitrogen and oxygen atoms in total. The van der Waals surface area contributed by atoms with E-state index in [1.165, 1.54) is 17.5 Å². The Hall–Kier alpha value is -0.530. The molecule has 0 bridgehead atoms. The van der Waals surface area contributed by atoms with Crippen LogP contribution < -0.4 is 5.73 Å². The number of hydrogen-bond donors (Lipinski definition) is 1. The second kappa shape index (κ2) is 7.73. The van der Waals surface area contributed by atoms with Crippen molar-refractivity contribution in [3.05, 3.63) is 35.4 Å².